The van der Waals surface area contributed by atoms with Gasteiger partial charge in [-0.25, -0.2) is 22.2 Å². The summed E-state index contributed by atoms with van der Waals surface area (Å²) in [5.74, 6) is -2.19. The Bertz CT molecular complexity index is 741. The Balaban J connectivity index is 2.37. The SMILES string of the molecule is Cc1cc(C)nc(NS(=O)(=O)c2ccc(F)c(F)c2)c1. The van der Waals surface area contributed by atoms with Crippen LogP contribution in [0.25, 0.3) is 0 Å². The summed E-state index contributed by atoms with van der Waals surface area (Å²) in [7, 11) is -4.01. The molecule has 0 aliphatic heterocycles. The van der Waals surface area contributed by atoms with Gasteiger partial charge in [-0.2, -0.15) is 0 Å². The summed E-state index contributed by atoms with van der Waals surface area (Å²) in [6.07, 6.45) is 0. The first kappa shape index (κ1) is 14.4. The molecular weight excluding hydrogens is 286 g/mol. The van der Waals surface area contributed by atoms with Crippen molar-refractivity contribution < 1.29 is 17.2 Å². The summed E-state index contributed by atoms with van der Waals surface area (Å²) in [6.45, 7) is 3.52. The molecule has 0 atom stereocenters. The quantitative estimate of drug-likeness (QED) is 0.948. The second kappa shape index (κ2) is 5.16. The van der Waals surface area contributed by atoms with Crippen LogP contribution in [0.1, 0.15) is 11.3 Å². The maximum absolute atomic E-state index is 13.1. The molecule has 0 radical (unpaired) electrons. The van der Waals surface area contributed by atoms with Crippen molar-refractivity contribution in [1.82, 2.24) is 4.98 Å². The van der Waals surface area contributed by atoms with Gasteiger partial charge >= 0.3 is 0 Å². The van der Waals surface area contributed by atoms with Crippen LogP contribution in [0.15, 0.2) is 35.2 Å². The van der Waals surface area contributed by atoms with Gasteiger partial charge in [0.25, 0.3) is 10.0 Å². The van der Waals surface area contributed by atoms with E-state index in [1.165, 1.54) is 0 Å². The Morgan fingerprint density at radius 2 is 1.75 bits per heavy atom. The van der Waals surface area contributed by atoms with Crippen molar-refractivity contribution in [2.24, 2.45) is 0 Å². The summed E-state index contributed by atoms with van der Waals surface area (Å²) in [5.41, 5.74) is 1.48. The second-order valence-electron chi connectivity index (χ2n) is 4.35. The Morgan fingerprint density at radius 1 is 1.05 bits per heavy atom. The first-order valence-corrected chi connectivity index (χ1v) is 7.19. The molecule has 0 saturated carbocycles. The second-order valence-corrected chi connectivity index (χ2v) is 6.03. The predicted octanol–water partition coefficient (Wildman–Crippen LogP) is 2.78. The number of hydrogen-bond acceptors (Lipinski definition) is 3. The topological polar surface area (TPSA) is 59.1 Å². The smallest absolute Gasteiger partial charge is 0.263 e. The van der Waals surface area contributed by atoms with Crippen LogP contribution in [0.4, 0.5) is 14.6 Å². The van der Waals surface area contributed by atoms with Gasteiger partial charge in [0.1, 0.15) is 5.82 Å². The number of benzene rings is 1. The number of aromatic nitrogens is 1. The highest BCUT2D eigenvalue weighted by Gasteiger charge is 2.17. The lowest BCUT2D eigenvalue weighted by Crippen LogP contribution is -2.14. The Kier molecular flexibility index (Phi) is 3.71. The van der Waals surface area contributed by atoms with Crippen molar-refractivity contribution >= 4 is 15.8 Å². The third kappa shape index (κ3) is 3.11. The molecule has 0 spiro atoms. The van der Waals surface area contributed by atoms with Gasteiger partial charge in [0.2, 0.25) is 0 Å². The average Bonchev–Trinajstić information content (AvgIpc) is 2.30. The number of hydrogen-bond donors (Lipinski definition) is 1. The fourth-order valence-electron chi connectivity index (χ4n) is 1.73. The van der Waals surface area contributed by atoms with E-state index in [2.05, 4.69) is 9.71 Å². The van der Waals surface area contributed by atoms with Crippen molar-refractivity contribution in [1.29, 1.82) is 0 Å². The van der Waals surface area contributed by atoms with Gasteiger partial charge in [0.15, 0.2) is 11.6 Å². The fourth-order valence-corrected chi connectivity index (χ4v) is 2.74. The number of rotatable bonds is 3. The van der Waals surface area contributed by atoms with E-state index in [1.54, 1.807) is 26.0 Å². The Morgan fingerprint density at radius 3 is 2.35 bits per heavy atom. The molecule has 1 aromatic heterocycles. The molecule has 0 unspecified atom stereocenters. The molecule has 1 N–H and O–H groups in total. The van der Waals surface area contributed by atoms with Crippen molar-refractivity contribution in [2.45, 2.75) is 18.7 Å². The largest absolute Gasteiger partial charge is 0.263 e. The van der Waals surface area contributed by atoms with Crippen LogP contribution in [-0.4, -0.2) is 13.4 Å². The molecule has 20 heavy (non-hydrogen) atoms. The lowest BCUT2D eigenvalue weighted by molar-refractivity contribution is 0.504. The van der Waals surface area contributed by atoms with Crippen LogP contribution in [0.3, 0.4) is 0 Å². The van der Waals surface area contributed by atoms with E-state index in [0.29, 0.717) is 11.8 Å². The first-order chi connectivity index (χ1) is 9.28. The molecule has 0 saturated heterocycles. The van der Waals surface area contributed by atoms with Gasteiger partial charge in [0, 0.05) is 5.69 Å². The minimum atomic E-state index is -4.01. The highest BCUT2D eigenvalue weighted by atomic mass is 32.2. The predicted molar refractivity (Wildman–Crippen MR) is 70.9 cm³/mol. The highest BCUT2D eigenvalue weighted by Crippen LogP contribution is 2.18. The number of sulfonamides is 1. The van der Waals surface area contributed by atoms with Gasteiger partial charge in [-0.1, -0.05) is 0 Å². The van der Waals surface area contributed by atoms with Crippen LogP contribution >= 0.6 is 0 Å². The summed E-state index contributed by atoms with van der Waals surface area (Å²) in [6, 6.07) is 5.71. The zero-order valence-corrected chi connectivity index (χ0v) is 11.6. The van der Waals surface area contributed by atoms with Gasteiger partial charge < -0.3 is 0 Å². The maximum Gasteiger partial charge on any atom is 0.263 e. The molecule has 0 bridgehead atoms. The van der Waals surface area contributed by atoms with E-state index >= 15 is 0 Å². The standard InChI is InChI=1S/C13H12F2N2O2S/c1-8-5-9(2)16-13(6-8)17-20(18,19)10-3-4-11(14)12(15)7-10/h3-7H,1-2H3,(H,16,17). The monoisotopic (exact) mass is 298 g/mol. The summed E-state index contributed by atoms with van der Waals surface area (Å²) in [5, 5.41) is 0. The van der Waals surface area contributed by atoms with E-state index in [4.69, 9.17) is 0 Å². The number of halogens is 2. The van der Waals surface area contributed by atoms with Crippen molar-refractivity contribution in [3.63, 3.8) is 0 Å². The zero-order valence-electron chi connectivity index (χ0n) is 10.8. The normalized spacial score (nSPS) is 11.4. The minimum absolute atomic E-state index is 0.132. The van der Waals surface area contributed by atoms with Crippen LogP contribution < -0.4 is 4.72 Å². The van der Waals surface area contributed by atoms with E-state index in [1.807, 2.05) is 0 Å². The molecule has 4 nitrogen and oxygen atoms in total. The molecular formula is C13H12F2N2O2S. The Labute approximate surface area is 115 Å². The highest BCUT2D eigenvalue weighted by molar-refractivity contribution is 7.92. The molecule has 106 valence electrons. The van der Waals surface area contributed by atoms with Gasteiger partial charge in [-0.15, -0.1) is 0 Å². The van der Waals surface area contributed by atoms with Gasteiger partial charge in [-0.3, -0.25) is 4.72 Å². The molecule has 0 fully saturated rings. The minimum Gasteiger partial charge on any atom is -0.263 e. The average molecular weight is 298 g/mol. The van der Waals surface area contributed by atoms with Gasteiger partial charge in [0.05, 0.1) is 4.90 Å². The maximum atomic E-state index is 13.1. The number of aryl methyl sites for hydroxylation is 2. The van der Waals surface area contributed by atoms with Crippen LogP contribution in [0.5, 0.6) is 0 Å². The number of pyridine rings is 1. The summed E-state index contributed by atoms with van der Waals surface area (Å²) >= 11 is 0. The van der Waals surface area contributed by atoms with E-state index in [9.17, 15) is 17.2 Å². The van der Waals surface area contributed by atoms with Crippen molar-refractivity contribution in [3.05, 3.63) is 53.2 Å². The van der Waals surface area contributed by atoms with Crippen molar-refractivity contribution in [2.75, 3.05) is 4.72 Å². The first-order valence-electron chi connectivity index (χ1n) is 5.71. The number of nitrogens with one attached hydrogen (secondary N) is 1. The number of anilines is 1. The van der Waals surface area contributed by atoms with Crippen molar-refractivity contribution in [3.8, 4) is 0 Å². The molecule has 7 heteroatoms. The van der Waals surface area contributed by atoms with Crippen LogP contribution in [0.2, 0.25) is 0 Å². The third-order valence-electron chi connectivity index (χ3n) is 2.54. The summed E-state index contributed by atoms with van der Waals surface area (Å²) < 4.78 is 52.2. The summed E-state index contributed by atoms with van der Waals surface area (Å²) in [4.78, 5) is 3.66. The molecule has 0 aliphatic carbocycles. The third-order valence-corrected chi connectivity index (χ3v) is 3.89. The fraction of sp³-hybridized carbons (Fsp3) is 0.154. The number of nitrogens with zero attached hydrogens (tertiary/aromatic N) is 1. The molecule has 2 aromatic rings. The van der Waals surface area contributed by atoms with E-state index < -0.39 is 21.7 Å². The van der Waals surface area contributed by atoms with Gasteiger partial charge in [-0.05, 0) is 49.7 Å². The molecule has 1 aromatic carbocycles. The van der Waals surface area contributed by atoms with Crippen LogP contribution in [0, 0.1) is 25.5 Å². The molecule has 0 amide bonds. The molecule has 2 rings (SSSR count). The zero-order chi connectivity index (χ0) is 14.9. The Hall–Kier alpha value is -2.02. The molecule has 0 aliphatic rings. The van der Waals surface area contributed by atoms with E-state index in [0.717, 1.165) is 17.7 Å². The van der Waals surface area contributed by atoms with E-state index in [-0.39, 0.29) is 10.7 Å². The lowest BCUT2D eigenvalue weighted by atomic mass is 10.2. The lowest BCUT2D eigenvalue weighted by Gasteiger charge is -2.09. The molecule has 1 heterocycles. The van der Waals surface area contributed by atoms with Crippen LogP contribution in [-0.2, 0) is 10.0 Å².